The summed E-state index contributed by atoms with van der Waals surface area (Å²) in [5.41, 5.74) is 6.85. The minimum Gasteiger partial charge on any atom is -0.394 e. The molecule has 1 fully saturated rings. The Morgan fingerprint density at radius 1 is 1.53 bits per heavy atom. The topological polar surface area (TPSA) is 71.6 Å². The maximum absolute atomic E-state index is 8.71. The summed E-state index contributed by atoms with van der Waals surface area (Å²) in [5.74, 6) is 0.642. The number of aliphatic hydroxyl groups excluding tert-OH is 1. The van der Waals surface area contributed by atoms with Crippen LogP contribution in [0.4, 0.5) is 10.8 Å². The first-order valence-electron chi connectivity index (χ1n) is 5.91. The van der Waals surface area contributed by atoms with Gasteiger partial charge >= 0.3 is 0 Å². The zero-order valence-corrected chi connectivity index (χ0v) is 10.9. The van der Waals surface area contributed by atoms with Crippen LogP contribution in [-0.2, 0) is 4.74 Å². The molecule has 6 heteroatoms. The first-order chi connectivity index (χ1) is 8.22. The van der Waals surface area contributed by atoms with Crippen molar-refractivity contribution in [3.05, 3.63) is 5.56 Å². The summed E-state index contributed by atoms with van der Waals surface area (Å²) in [4.78, 5) is 2.32. The van der Waals surface area contributed by atoms with E-state index in [-0.39, 0.29) is 12.7 Å². The van der Waals surface area contributed by atoms with Gasteiger partial charge in [-0.2, -0.15) is 4.37 Å². The number of nitrogens with zero attached hydrogens (tertiary/aromatic N) is 2. The number of hydrogen-bond acceptors (Lipinski definition) is 6. The van der Waals surface area contributed by atoms with Crippen LogP contribution in [0.5, 0.6) is 0 Å². The van der Waals surface area contributed by atoms with E-state index in [9.17, 15) is 0 Å². The summed E-state index contributed by atoms with van der Waals surface area (Å²) >= 11 is 1.47. The fourth-order valence-corrected chi connectivity index (χ4v) is 2.94. The SMILES string of the molecule is Cc1c(N)nsc1N1CCC(OCCO)CC1. The van der Waals surface area contributed by atoms with Crippen molar-refractivity contribution in [3.8, 4) is 0 Å². The lowest BCUT2D eigenvalue weighted by Gasteiger charge is -2.32. The van der Waals surface area contributed by atoms with Crippen LogP contribution in [0.1, 0.15) is 18.4 Å². The Morgan fingerprint density at radius 2 is 2.24 bits per heavy atom. The average molecular weight is 257 g/mol. The summed E-state index contributed by atoms with van der Waals surface area (Å²) in [6.45, 7) is 4.50. The first kappa shape index (κ1) is 12.6. The zero-order valence-electron chi connectivity index (χ0n) is 10.1. The van der Waals surface area contributed by atoms with Gasteiger partial charge in [-0.1, -0.05) is 0 Å². The Labute approximate surface area is 105 Å². The standard InChI is InChI=1S/C11H19N3O2S/c1-8-10(12)13-17-11(8)14-4-2-9(3-5-14)16-7-6-15/h9,15H,2-7H2,1H3,(H2,12,13). The van der Waals surface area contributed by atoms with Gasteiger partial charge in [-0.25, -0.2) is 0 Å². The highest BCUT2D eigenvalue weighted by atomic mass is 32.1. The van der Waals surface area contributed by atoms with Gasteiger partial charge in [0.2, 0.25) is 0 Å². The Balaban J connectivity index is 1.89. The first-order valence-corrected chi connectivity index (χ1v) is 6.69. The van der Waals surface area contributed by atoms with Crippen molar-refractivity contribution in [2.75, 3.05) is 36.9 Å². The molecule has 1 aliphatic heterocycles. The van der Waals surface area contributed by atoms with Crippen LogP contribution in [-0.4, -0.2) is 41.9 Å². The van der Waals surface area contributed by atoms with E-state index in [1.807, 2.05) is 6.92 Å². The van der Waals surface area contributed by atoms with Crippen LogP contribution >= 0.6 is 11.5 Å². The molecule has 0 radical (unpaired) electrons. The van der Waals surface area contributed by atoms with Gasteiger partial charge in [-0.15, -0.1) is 0 Å². The quantitative estimate of drug-likeness (QED) is 0.842. The molecule has 1 aromatic heterocycles. The lowest BCUT2D eigenvalue weighted by atomic mass is 10.1. The van der Waals surface area contributed by atoms with Gasteiger partial charge in [0.15, 0.2) is 0 Å². The summed E-state index contributed by atoms with van der Waals surface area (Å²) in [5, 5.41) is 9.89. The number of piperidine rings is 1. The predicted molar refractivity (Wildman–Crippen MR) is 69.5 cm³/mol. The molecule has 0 aromatic carbocycles. The molecular weight excluding hydrogens is 238 g/mol. The fraction of sp³-hybridized carbons (Fsp3) is 0.727. The molecule has 3 N–H and O–H groups in total. The van der Waals surface area contributed by atoms with Crippen molar-refractivity contribution in [2.45, 2.75) is 25.9 Å². The highest BCUT2D eigenvalue weighted by molar-refractivity contribution is 7.10. The second kappa shape index (κ2) is 5.66. The van der Waals surface area contributed by atoms with E-state index < -0.39 is 0 Å². The largest absolute Gasteiger partial charge is 0.394 e. The molecule has 0 amide bonds. The highest BCUT2D eigenvalue weighted by Gasteiger charge is 2.22. The number of aliphatic hydroxyl groups is 1. The number of anilines is 2. The molecule has 96 valence electrons. The molecule has 0 spiro atoms. The lowest BCUT2D eigenvalue weighted by Crippen LogP contribution is -2.37. The molecule has 0 atom stereocenters. The number of aromatic nitrogens is 1. The minimum absolute atomic E-state index is 0.102. The van der Waals surface area contributed by atoms with E-state index in [1.165, 1.54) is 16.5 Å². The Morgan fingerprint density at radius 3 is 2.76 bits per heavy atom. The van der Waals surface area contributed by atoms with Gasteiger partial charge in [0.05, 0.1) is 19.3 Å². The van der Waals surface area contributed by atoms with Gasteiger partial charge in [0.1, 0.15) is 10.8 Å². The van der Waals surface area contributed by atoms with Crippen LogP contribution < -0.4 is 10.6 Å². The van der Waals surface area contributed by atoms with Crippen molar-refractivity contribution >= 4 is 22.4 Å². The van der Waals surface area contributed by atoms with Crippen molar-refractivity contribution in [1.29, 1.82) is 0 Å². The smallest absolute Gasteiger partial charge is 0.142 e. The summed E-state index contributed by atoms with van der Waals surface area (Å²) in [7, 11) is 0. The van der Waals surface area contributed by atoms with Gasteiger partial charge in [0.25, 0.3) is 0 Å². The Bertz CT molecular complexity index is 362. The van der Waals surface area contributed by atoms with Crippen LogP contribution in [0, 0.1) is 6.92 Å². The molecule has 0 saturated carbocycles. The minimum atomic E-state index is 0.102. The van der Waals surface area contributed by atoms with E-state index in [1.54, 1.807) is 0 Å². The zero-order chi connectivity index (χ0) is 12.3. The highest BCUT2D eigenvalue weighted by Crippen LogP contribution is 2.31. The van der Waals surface area contributed by atoms with E-state index in [2.05, 4.69) is 9.27 Å². The van der Waals surface area contributed by atoms with Gasteiger partial charge in [-0.3, -0.25) is 0 Å². The molecule has 0 unspecified atom stereocenters. The second-order valence-electron chi connectivity index (χ2n) is 4.28. The molecular formula is C11H19N3O2S. The molecule has 0 aliphatic carbocycles. The number of ether oxygens (including phenoxy) is 1. The normalized spacial score (nSPS) is 17.6. The predicted octanol–water partition coefficient (Wildman–Crippen LogP) is 1.01. The van der Waals surface area contributed by atoms with Crippen LogP contribution in [0.25, 0.3) is 0 Å². The third-order valence-electron chi connectivity index (χ3n) is 3.11. The van der Waals surface area contributed by atoms with Crippen molar-refractivity contribution in [3.63, 3.8) is 0 Å². The molecule has 2 rings (SSSR count). The van der Waals surface area contributed by atoms with E-state index in [0.29, 0.717) is 12.4 Å². The average Bonchev–Trinajstić information content (AvgIpc) is 2.68. The van der Waals surface area contributed by atoms with Gasteiger partial charge in [-0.05, 0) is 31.3 Å². The number of nitrogen functional groups attached to an aromatic ring is 1. The summed E-state index contributed by atoms with van der Waals surface area (Å²) in [6, 6.07) is 0. The fourth-order valence-electron chi connectivity index (χ4n) is 2.08. The van der Waals surface area contributed by atoms with Crippen LogP contribution in [0.3, 0.4) is 0 Å². The molecule has 1 aliphatic rings. The van der Waals surface area contributed by atoms with Crippen molar-refractivity contribution in [2.24, 2.45) is 0 Å². The Kier molecular flexibility index (Phi) is 4.20. The number of hydrogen-bond donors (Lipinski definition) is 2. The number of nitrogens with two attached hydrogens (primary N) is 1. The van der Waals surface area contributed by atoms with E-state index in [0.717, 1.165) is 31.5 Å². The molecule has 2 heterocycles. The Hall–Kier alpha value is -0.850. The maximum Gasteiger partial charge on any atom is 0.142 e. The molecule has 5 nitrogen and oxygen atoms in total. The molecule has 0 bridgehead atoms. The van der Waals surface area contributed by atoms with Crippen LogP contribution in [0.15, 0.2) is 0 Å². The van der Waals surface area contributed by atoms with Gasteiger partial charge < -0.3 is 20.5 Å². The maximum atomic E-state index is 8.71. The third-order valence-corrected chi connectivity index (χ3v) is 4.13. The summed E-state index contributed by atoms with van der Waals surface area (Å²) in [6.07, 6.45) is 2.28. The molecule has 17 heavy (non-hydrogen) atoms. The lowest BCUT2D eigenvalue weighted by molar-refractivity contribution is 0.0159. The van der Waals surface area contributed by atoms with Crippen molar-refractivity contribution in [1.82, 2.24) is 4.37 Å². The van der Waals surface area contributed by atoms with E-state index >= 15 is 0 Å². The van der Waals surface area contributed by atoms with Gasteiger partial charge in [0, 0.05) is 18.7 Å². The van der Waals surface area contributed by atoms with E-state index in [4.69, 9.17) is 15.6 Å². The monoisotopic (exact) mass is 257 g/mol. The second-order valence-corrected chi connectivity index (χ2v) is 5.03. The summed E-state index contributed by atoms with van der Waals surface area (Å²) < 4.78 is 9.71. The number of rotatable bonds is 4. The van der Waals surface area contributed by atoms with Crippen molar-refractivity contribution < 1.29 is 9.84 Å². The molecule has 1 saturated heterocycles. The molecule has 1 aromatic rings. The third kappa shape index (κ3) is 2.88. The van der Waals surface area contributed by atoms with Crippen LogP contribution in [0.2, 0.25) is 0 Å².